The molecule has 134 valence electrons. The van der Waals surface area contributed by atoms with Gasteiger partial charge in [-0.25, -0.2) is 9.79 Å². The van der Waals surface area contributed by atoms with Crippen molar-refractivity contribution < 1.29 is 14.3 Å². The van der Waals surface area contributed by atoms with Crippen molar-refractivity contribution in [1.29, 1.82) is 0 Å². The molecule has 0 amide bonds. The Kier molecular flexibility index (Phi) is 5.96. The Morgan fingerprint density at radius 3 is 2.62 bits per heavy atom. The summed E-state index contributed by atoms with van der Waals surface area (Å²) >= 11 is 12.0. The summed E-state index contributed by atoms with van der Waals surface area (Å²) in [5.41, 5.74) is 1.56. The van der Waals surface area contributed by atoms with Gasteiger partial charge in [0.05, 0.1) is 17.2 Å². The minimum Gasteiger partial charge on any atom is -0.494 e. The third-order valence-electron chi connectivity index (χ3n) is 3.73. The lowest BCUT2D eigenvalue weighted by molar-refractivity contribution is -0.129. The smallest absolute Gasteiger partial charge is 0.363 e. The summed E-state index contributed by atoms with van der Waals surface area (Å²) in [5.74, 6) is 0.448. The van der Waals surface area contributed by atoms with Crippen LogP contribution in [0.4, 0.5) is 0 Å². The molecule has 26 heavy (non-hydrogen) atoms. The molecule has 1 heterocycles. The van der Waals surface area contributed by atoms with Gasteiger partial charge in [-0.15, -0.1) is 0 Å². The Morgan fingerprint density at radius 1 is 1.15 bits per heavy atom. The second kappa shape index (κ2) is 8.39. The highest BCUT2D eigenvalue weighted by Gasteiger charge is 2.25. The van der Waals surface area contributed by atoms with Crippen molar-refractivity contribution in [3.63, 3.8) is 0 Å². The second-order valence-corrected chi connectivity index (χ2v) is 6.57. The highest BCUT2D eigenvalue weighted by molar-refractivity contribution is 6.37. The summed E-state index contributed by atoms with van der Waals surface area (Å²) in [7, 11) is 0. The van der Waals surface area contributed by atoms with Crippen molar-refractivity contribution in [2.24, 2.45) is 4.99 Å². The molecular formula is C20H17Cl2NO3. The highest BCUT2D eigenvalue weighted by atomic mass is 35.5. The maximum Gasteiger partial charge on any atom is 0.363 e. The van der Waals surface area contributed by atoms with Crippen LogP contribution in [0.1, 0.15) is 30.9 Å². The predicted molar refractivity (Wildman–Crippen MR) is 104 cm³/mol. The Hall–Kier alpha value is -2.30. The van der Waals surface area contributed by atoms with Gasteiger partial charge in [0.2, 0.25) is 5.90 Å². The Balaban J connectivity index is 1.78. The first-order valence-electron chi connectivity index (χ1n) is 8.27. The fourth-order valence-corrected chi connectivity index (χ4v) is 2.83. The molecule has 6 heteroatoms. The topological polar surface area (TPSA) is 47.9 Å². The van der Waals surface area contributed by atoms with Crippen LogP contribution in [0.2, 0.25) is 10.0 Å². The van der Waals surface area contributed by atoms with Gasteiger partial charge in [0.15, 0.2) is 5.70 Å². The first-order chi connectivity index (χ1) is 12.6. The Bertz CT molecular complexity index is 873. The monoisotopic (exact) mass is 389 g/mol. The first-order valence-corrected chi connectivity index (χ1v) is 9.03. The third-order valence-corrected chi connectivity index (χ3v) is 4.28. The van der Waals surface area contributed by atoms with E-state index in [-0.39, 0.29) is 11.6 Å². The molecule has 2 aromatic carbocycles. The van der Waals surface area contributed by atoms with E-state index in [2.05, 4.69) is 11.9 Å². The fraction of sp³-hybridized carbons (Fsp3) is 0.200. The second-order valence-electron chi connectivity index (χ2n) is 5.73. The number of esters is 1. The number of aliphatic imine (C=N–C) groups is 1. The Morgan fingerprint density at radius 2 is 1.92 bits per heavy atom. The van der Waals surface area contributed by atoms with Crippen molar-refractivity contribution in [3.05, 3.63) is 69.3 Å². The third kappa shape index (κ3) is 4.45. The van der Waals surface area contributed by atoms with Gasteiger partial charge in [-0.2, -0.15) is 0 Å². The number of hydrogen-bond acceptors (Lipinski definition) is 4. The molecule has 1 aliphatic heterocycles. The quantitative estimate of drug-likeness (QED) is 0.371. The lowest BCUT2D eigenvalue weighted by atomic mass is 10.2. The minimum absolute atomic E-state index is 0.169. The zero-order chi connectivity index (χ0) is 18.5. The van der Waals surface area contributed by atoms with Crippen LogP contribution in [-0.2, 0) is 9.53 Å². The van der Waals surface area contributed by atoms with Gasteiger partial charge < -0.3 is 9.47 Å². The number of hydrogen-bond donors (Lipinski definition) is 0. The molecule has 0 saturated heterocycles. The van der Waals surface area contributed by atoms with E-state index < -0.39 is 5.97 Å². The summed E-state index contributed by atoms with van der Waals surface area (Å²) in [5, 5.41) is 0.875. The number of carbonyl (C=O) groups excluding carboxylic acids is 1. The van der Waals surface area contributed by atoms with Gasteiger partial charge in [-0.1, -0.05) is 48.7 Å². The van der Waals surface area contributed by atoms with Crippen LogP contribution in [0.25, 0.3) is 6.08 Å². The van der Waals surface area contributed by atoms with Gasteiger partial charge in [0.25, 0.3) is 0 Å². The summed E-state index contributed by atoms with van der Waals surface area (Å²) < 4.78 is 10.9. The van der Waals surface area contributed by atoms with Gasteiger partial charge in [0.1, 0.15) is 5.75 Å². The van der Waals surface area contributed by atoms with Crippen LogP contribution < -0.4 is 4.74 Å². The lowest BCUT2D eigenvalue weighted by Crippen LogP contribution is -2.05. The van der Waals surface area contributed by atoms with E-state index in [0.29, 0.717) is 22.2 Å². The van der Waals surface area contributed by atoms with Crippen LogP contribution in [0.15, 0.2) is 53.2 Å². The molecule has 0 fully saturated rings. The zero-order valence-corrected chi connectivity index (χ0v) is 15.7. The van der Waals surface area contributed by atoms with Crippen LogP contribution in [0.3, 0.4) is 0 Å². The standard InChI is InChI=1S/C20H17Cl2NO3/c1-2-3-10-25-15-7-4-13(5-8-15)11-18-20(24)26-19(23-18)16-9-6-14(21)12-17(16)22/h4-9,11-12H,2-3,10H2,1H3. The van der Waals surface area contributed by atoms with Crippen LogP contribution in [0.5, 0.6) is 5.75 Å². The molecule has 0 unspecified atom stereocenters. The normalized spacial score (nSPS) is 15.1. The van der Waals surface area contributed by atoms with E-state index in [1.165, 1.54) is 0 Å². The zero-order valence-electron chi connectivity index (χ0n) is 14.2. The number of nitrogens with zero attached hydrogens (tertiary/aromatic N) is 1. The maximum absolute atomic E-state index is 12.1. The number of unbranched alkanes of at least 4 members (excludes halogenated alkanes) is 1. The first kappa shape index (κ1) is 18.5. The number of cyclic esters (lactones) is 1. The minimum atomic E-state index is -0.519. The molecule has 3 rings (SSSR count). The van der Waals surface area contributed by atoms with E-state index in [4.69, 9.17) is 32.7 Å². The molecule has 1 aliphatic rings. The van der Waals surface area contributed by atoms with E-state index >= 15 is 0 Å². The van der Waals surface area contributed by atoms with Crippen molar-refractivity contribution in [2.75, 3.05) is 6.61 Å². The summed E-state index contributed by atoms with van der Waals surface area (Å²) in [4.78, 5) is 16.3. The fourth-order valence-electron chi connectivity index (χ4n) is 2.34. The molecular weight excluding hydrogens is 373 g/mol. The summed E-state index contributed by atoms with van der Waals surface area (Å²) in [6.45, 7) is 2.81. The predicted octanol–water partition coefficient (Wildman–Crippen LogP) is 5.52. The van der Waals surface area contributed by atoms with Crippen molar-refractivity contribution in [3.8, 4) is 5.75 Å². The van der Waals surface area contributed by atoms with E-state index in [1.807, 2.05) is 24.3 Å². The number of halogens is 2. The number of benzene rings is 2. The summed E-state index contributed by atoms with van der Waals surface area (Å²) in [6.07, 6.45) is 3.77. The SMILES string of the molecule is CCCCOc1ccc(C=C2N=C(c3ccc(Cl)cc3Cl)OC2=O)cc1. The van der Waals surface area contributed by atoms with Gasteiger partial charge in [-0.05, 0) is 48.4 Å². The number of rotatable bonds is 6. The molecule has 0 aromatic heterocycles. The van der Waals surface area contributed by atoms with E-state index in [1.54, 1.807) is 24.3 Å². The average molecular weight is 390 g/mol. The molecule has 0 bridgehead atoms. The van der Waals surface area contributed by atoms with E-state index in [0.717, 1.165) is 24.2 Å². The van der Waals surface area contributed by atoms with Crippen molar-refractivity contribution in [1.82, 2.24) is 0 Å². The molecule has 2 aromatic rings. The molecule has 0 N–H and O–H groups in total. The van der Waals surface area contributed by atoms with Crippen LogP contribution >= 0.6 is 23.2 Å². The van der Waals surface area contributed by atoms with Gasteiger partial charge in [0, 0.05) is 5.02 Å². The largest absolute Gasteiger partial charge is 0.494 e. The molecule has 4 nitrogen and oxygen atoms in total. The van der Waals surface area contributed by atoms with E-state index in [9.17, 15) is 4.79 Å². The van der Waals surface area contributed by atoms with Crippen molar-refractivity contribution in [2.45, 2.75) is 19.8 Å². The molecule has 0 atom stereocenters. The maximum atomic E-state index is 12.1. The number of carbonyl (C=O) groups is 1. The van der Waals surface area contributed by atoms with Crippen molar-refractivity contribution >= 4 is 41.1 Å². The average Bonchev–Trinajstić information content (AvgIpc) is 2.97. The summed E-state index contributed by atoms with van der Waals surface area (Å²) in [6, 6.07) is 12.4. The number of ether oxygens (including phenoxy) is 2. The highest BCUT2D eigenvalue weighted by Crippen LogP contribution is 2.26. The van der Waals surface area contributed by atoms with Gasteiger partial charge >= 0.3 is 5.97 Å². The molecule has 0 radical (unpaired) electrons. The van der Waals surface area contributed by atoms with Gasteiger partial charge in [-0.3, -0.25) is 0 Å². The molecule has 0 saturated carbocycles. The van der Waals surface area contributed by atoms with Crippen LogP contribution in [0, 0.1) is 0 Å². The Labute approximate surface area is 162 Å². The molecule has 0 spiro atoms. The van der Waals surface area contributed by atoms with Crippen LogP contribution in [-0.4, -0.2) is 18.5 Å². The molecule has 0 aliphatic carbocycles. The lowest BCUT2D eigenvalue weighted by Gasteiger charge is -2.05.